The summed E-state index contributed by atoms with van der Waals surface area (Å²) in [6.07, 6.45) is 5.82. The van der Waals surface area contributed by atoms with Crippen LogP contribution in [0.25, 0.3) is 10.4 Å². The molecule has 4 heteroatoms. The zero-order valence-corrected chi connectivity index (χ0v) is 14.7. The van der Waals surface area contributed by atoms with Crippen molar-refractivity contribution in [1.29, 1.82) is 0 Å². The van der Waals surface area contributed by atoms with E-state index in [4.69, 9.17) is 0 Å². The molecule has 0 bridgehead atoms. The fourth-order valence-electron chi connectivity index (χ4n) is 3.91. The zero-order chi connectivity index (χ0) is 16.8. The number of pyridine rings is 1. The molecule has 3 aromatic rings. The van der Waals surface area contributed by atoms with Crippen molar-refractivity contribution in [2.45, 2.75) is 25.7 Å². The molecule has 1 aliphatic carbocycles. The van der Waals surface area contributed by atoms with Crippen molar-refractivity contribution in [1.82, 2.24) is 4.98 Å². The van der Waals surface area contributed by atoms with Gasteiger partial charge in [-0.15, -0.1) is 11.3 Å². The summed E-state index contributed by atoms with van der Waals surface area (Å²) in [6, 6.07) is 14.6. The number of aromatic nitrogens is 1. The zero-order valence-electron chi connectivity index (χ0n) is 13.9. The summed E-state index contributed by atoms with van der Waals surface area (Å²) in [5.74, 6) is 0.117. The first-order valence-electron chi connectivity index (χ1n) is 8.78. The van der Waals surface area contributed by atoms with Gasteiger partial charge in [-0.2, -0.15) is 0 Å². The third-order valence-electron chi connectivity index (χ3n) is 5.14. The van der Waals surface area contributed by atoms with Gasteiger partial charge in [0.05, 0.1) is 16.3 Å². The van der Waals surface area contributed by atoms with Crippen molar-refractivity contribution in [2.24, 2.45) is 0 Å². The van der Waals surface area contributed by atoms with Crippen molar-refractivity contribution in [3.63, 3.8) is 0 Å². The second-order valence-electron chi connectivity index (χ2n) is 6.65. The highest BCUT2D eigenvalue weighted by molar-refractivity contribution is 7.17. The molecule has 2 aliphatic rings. The smallest absolute Gasteiger partial charge is 0.268 e. The fourth-order valence-corrected chi connectivity index (χ4v) is 5.13. The SMILES string of the molecule is O=C(c1cc2c(s1)-c1ccccc1CC2)N1CCCc2ncccc21. The lowest BCUT2D eigenvalue weighted by Crippen LogP contribution is -2.35. The highest BCUT2D eigenvalue weighted by Crippen LogP contribution is 2.40. The molecule has 1 amide bonds. The van der Waals surface area contributed by atoms with E-state index in [9.17, 15) is 4.79 Å². The number of anilines is 1. The Morgan fingerprint density at radius 1 is 1.04 bits per heavy atom. The molecule has 0 spiro atoms. The average molecular weight is 346 g/mol. The summed E-state index contributed by atoms with van der Waals surface area (Å²) in [5, 5.41) is 0. The molecular weight excluding hydrogens is 328 g/mol. The van der Waals surface area contributed by atoms with Gasteiger partial charge in [0, 0.05) is 17.6 Å². The maximum Gasteiger partial charge on any atom is 0.268 e. The predicted molar refractivity (Wildman–Crippen MR) is 101 cm³/mol. The molecule has 0 saturated heterocycles. The van der Waals surface area contributed by atoms with Crippen LogP contribution in [0.1, 0.15) is 32.9 Å². The summed E-state index contributed by atoms with van der Waals surface area (Å²) in [4.78, 5) is 21.7. The van der Waals surface area contributed by atoms with Gasteiger partial charge in [-0.1, -0.05) is 24.3 Å². The van der Waals surface area contributed by atoms with E-state index in [1.54, 1.807) is 11.3 Å². The first-order valence-corrected chi connectivity index (χ1v) is 9.59. The van der Waals surface area contributed by atoms with Crippen LogP contribution in [-0.4, -0.2) is 17.4 Å². The topological polar surface area (TPSA) is 33.2 Å². The van der Waals surface area contributed by atoms with Gasteiger partial charge < -0.3 is 4.90 Å². The number of hydrogen-bond donors (Lipinski definition) is 0. The molecule has 3 heterocycles. The van der Waals surface area contributed by atoms with Gasteiger partial charge in [0.2, 0.25) is 0 Å². The summed E-state index contributed by atoms with van der Waals surface area (Å²) in [7, 11) is 0. The molecule has 0 N–H and O–H groups in total. The van der Waals surface area contributed by atoms with Crippen LogP contribution in [0.5, 0.6) is 0 Å². The van der Waals surface area contributed by atoms with E-state index in [0.717, 1.165) is 48.5 Å². The number of amides is 1. The molecule has 2 aromatic heterocycles. The van der Waals surface area contributed by atoms with E-state index < -0.39 is 0 Å². The monoisotopic (exact) mass is 346 g/mol. The van der Waals surface area contributed by atoms with Crippen LogP contribution in [0.15, 0.2) is 48.7 Å². The minimum atomic E-state index is 0.117. The second-order valence-corrected chi connectivity index (χ2v) is 7.70. The number of hydrogen-bond acceptors (Lipinski definition) is 3. The highest BCUT2D eigenvalue weighted by Gasteiger charge is 2.27. The van der Waals surface area contributed by atoms with Crippen molar-refractivity contribution >= 4 is 22.9 Å². The number of carbonyl (C=O) groups excluding carboxylic acids is 1. The number of thiophene rings is 1. The Balaban J connectivity index is 1.54. The Morgan fingerprint density at radius 2 is 1.92 bits per heavy atom. The molecule has 0 fully saturated rings. The van der Waals surface area contributed by atoms with Crippen molar-refractivity contribution in [3.8, 4) is 10.4 Å². The fraction of sp³-hybridized carbons (Fsp3) is 0.238. The molecule has 124 valence electrons. The van der Waals surface area contributed by atoms with Crippen molar-refractivity contribution < 1.29 is 4.79 Å². The number of carbonyl (C=O) groups is 1. The number of aryl methyl sites for hydroxylation is 3. The predicted octanol–water partition coefficient (Wildman–Crippen LogP) is 4.50. The van der Waals surface area contributed by atoms with Gasteiger partial charge in [0.15, 0.2) is 0 Å². The Hall–Kier alpha value is -2.46. The van der Waals surface area contributed by atoms with E-state index in [2.05, 4.69) is 35.3 Å². The third-order valence-corrected chi connectivity index (χ3v) is 6.34. The molecule has 5 rings (SSSR count). The molecule has 3 nitrogen and oxygen atoms in total. The normalized spacial score (nSPS) is 15.3. The summed E-state index contributed by atoms with van der Waals surface area (Å²) >= 11 is 1.64. The van der Waals surface area contributed by atoms with Gasteiger partial charge in [0.25, 0.3) is 5.91 Å². The lowest BCUT2D eigenvalue weighted by atomic mass is 9.91. The quantitative estimate of drug-likeness (QED) is 0.650. The van der Waals surface area contributed by atoms with Crippen LogP contribution in [-0.2, 0) is 19.3 Å². The van der Waals surface area contributed by atoms with Gasteiger partial charge >= 0.3 is 0 Å². The maximum atomic E-state index is 13.2. The summed E-state index contributed by atoms with van der Waals surface area (Å²) in [5.41, 5.74) is 6.02. The largest absolute Gasteiger partial charge is 0.306 e. The van der Waals surface area contributed by atoms with Gasteiger partial charge in [-0.3, -0.25) is 9.78 Å². The second kappa shape index (κ2) is 5.81. The summed E-state index contributed by atoms with van der Waals surface area (Å²) in [6.45, 7) is 0.774. The van der Waals surface area contributed by atoms with Gasteiger partial charge in [0.1, 0.15) is 0 Å². The Morgan fingerprint density at radius 3 is 2.88 bits per heavy atom. The molecule has 0 atom stereocenters. The maximum absolute atomic E-state index is 13.2. The van der Waals surface area contributed by atoms with Gasteiger partial charge in [-0.25, -0.2) is 0 Å². The number of nitrogens with zero attached hydrogens (tertiary/aromatic N) is 2. The molecule has 1 aliphatic heterocycles. The molecule has 25 heavy (non-hydrogen) atoms. The minimum absolute atomic E-state index is 0.117. The van der Waals surface area contributed by atoms with E-state index in [-0.39, 0.29) is 5.91 Å². The first-order chi connectivity index (χ1) is 12.3. The lowest BCUT2D eigenvalue weighted by Gasteiger charge is -2.28. The average Bonchev–Trinajstić information content (AvgIpc) is 3.12. The number of fused-ring (bicyclic) bond motifs is 4. The molecule has 1 aromatic carbocycles. The first kappa shape index (κ1) is 14.8. The third kappa shape index (κ3) is 2.40. The molecule has 0 saturated carbocycles. The van der Waals surface area contributed by atoms with Crippen LogP contribution in [0.4, 0.5) is 5.69 Å². The molecule has 0 unspecified atom stereocenters. The van der Waals surface area contributed by atoms with Crippen LogP contribution in [0.3, 0.4) is 0 Å². The molecule has 0 radical (unpaired) electrons. The van der Waals surface area contributed by atoms with E-state index in [1.165, 1.54) is 21.6 Å². The standard InChI is InChI=1S/C21H18N2OS/c24-21(23-12-4-7-17-18(23)8-3-11-22-17)19-13-15-10-9-14-5-1-2-6-16(14)20(15)25-19/h1-3,5-6,8,11,13H,4,7,9-10,12H2. The Kier molecular flexibility index (Phi) is 3.45. The van der Waals surface area contributed by atoms with E-state index in [0.29, 0.717) is 0 Å². The van der Waals surface area contributed by atoms with Crippen LogP contribution in [0.2, 0.25) is 0 Å². The van der Waals surface area contributed by atoms with Crippen molar-refractivity contribution in [2.75, 3.05) is 11.4 Å². The van der Waals surface area contributed by atoms with Crippen LogP contribution in [0, 0.1) is 0 Å². The van der Waals surface area contributed by atoms with Crippen LogP contribution < -0.4 is 4.90 Å². The lowest BCUT2D eigenvalue weighted by molar-refractivity contribution is 0.0988. The number of rotatable bonds is 1. The van der Waals surface area contributed by atoms with E-state index in [1.807, 2.05) is 23.2 Å². The Labute approximate surface area is 151 Å². The molecular formula is C21H18N2OS. The van der Waals surface area contributed by atoms with E-state index >= 15 is 0 Å². The Bertz CT molecular complexity index is 976. The van der Waals surface area contributed by atoms with Gasteiger partial charge in [-0.05, 0) is 60.6 Å². The highest BCUT2D eigenvalue weighted by atomic mass is 32.1. The summed E-state index contributed by atoms with van der Waals surface area (Å²) < 4.78 is 0. The van der Waals surface area contributed by atoms with Crippen molar-refractivity contribution in [3.05, 3.63) is 70.4 Å². The number of benzene rings is 1. The van der Waals surface area contributed by atoms with Crippen LogP contribution >= 0.6 is 11.3 Å². The minimum Gasteiger partial charge on any atom is -0.306 e.